The highest BCUT2D eigenvalue weighted by molar-refractivity contribution is 7.71. The fourth-order valence-corrected chi connectivity index (χ4v) is 2.65. The van der Waals surface area contributed by atoms with Gasteiger partial charge in [0.05, 0.1) is 17.0 Å². The number of aromatic hydroxyl groups is 1. The summed E-state index contributed by atoms with van der Waals surface area (Å²) in [4.78, 5) is 15.8. The number of para-hydroxylation sites is 1. The summed E-state index contributed by atoms with van der Waals surface area (Å²) in [6.45, 7) is 0. The summed E-state index contributed by atoms with van der Waals surface area (Å²) in [6, 6.07) is 6.13. The number of aromatic nitrogens is 1. The lowest BCUT2D eigenvalue weighted by molar-refractivity contribution is 0.102. The molecular formula is C11H10N2O4S2. The van der Waals surface area contributed by atoms with Crippen LogP contribution in [0, 0.1) is 0 Å². The highest BCUT2D eigenvalue weighted by Crippen LogP contribution is 2.20. The van der Waals surface area contributed by atoms with Crippen LogP contribution < -0.4 is 5.32 Å². The van der Waals surface area contributed by atoms with E-state index in [9.17, 15) is 18.3 Å². The van der Waals surface area contributed by atoms with E-state index < -0.39 is 16.6 Å². The van der Waals surface area contributed by atoms with Gasteiger partial charge in [0.2, 0.25) is 0 Å². The van der Waals surface area contributed by atoms with Crippen molar-refractivity contribution in [3.05, 3.63) is 40.9 Å². The first kappa shape index (κ1) is 13.5. The Kier molecular flexibility index (Phi) is 4.13. The van der Waals surface area contributed by atoms with Gasteiger partial charge in [-0.2, -0.15) is 0 Å². The predicted molar refractivity (Wildman–Crippen MR) is 72.2 cm³/mol. The number of hydrogen-bond acceptors (Lipinski definition) is 6. The first-order valence-electron chi connectivity index (χ1n) is 5.22. The molecule has 0 aliphatic rings. The molecule has 6 nitrogen and oxygen atoms in total. The molecule has 1 aromatic heterocycles. The average molecular weight is 298 g/mol. The van der Waals surface area contributed by atoms with Gasteiger partial charge >= 0.3 is 0 Å². The Balaban J connectivity index is 2.11. The largest absolute Gasteiger partial charge is 0.507 e. The number of nitrogens with zero attached hydrogens (tertiary/aromatic N) is 1. The number of nitrogens with one attached hydrogen (secondary N) is 1. The molecule has 0 aliphatic carbocycles. The van der Waals surface area contributed by atoms with Crippen LogP contribution in [0.15, 0.2) is 29.6 Å². The number of benzene rings is 1. The minimum Gasteiger partial charge on any atom is -0.507 e. The summed E-state index contributed by atoms with van der Waals surface area (Å²) >= 11 is 1.13. The number of carbonyl (C=O) groups excluding carboxylic acids is 1. The van der Waals surface area contributed by atoms with Crippen molar-refractivity contribution >= 4 is 33.1 Å². The molecule has 2 N–H and O–H groups in total. The Morgan fingerprint density at radius 1 is 1.37 bits per heavy atom. The van der Waals surface area contributed by atoms with Crippen LogP contribution in [0.4, 0.5) is 5.13 Å². The second-order valence-electron chi connectivity index (χ2n) is 3.61. The molecule has 2 rings (SSSR count). The molecule has 19 heavy (non-hydrogen) atoms. The van der Waals surface area contributed by atoms with Gasteiger partial charge in [-0.05, 0) is 12.1 Å². The minimum atomic E-state index is -2.54. The minimum absolute atomic E-state index is 0.126. The Hall–Kier alpha value is -1.93. The molecule has 8 heteroatoms. The van der Waals surface area contributed by atoms with Crippen LogP contribution in [0.2, 0.25) is 0 Å². The fourth-order valence-electron chi connectivity index (χ4n) is 1.40. The SMILES string of the molecule is O=C(Nc1nc(C[SH](=O)=O)cs1)c1ccccc1O. The topological polar surface area (TPSA) is 96.4 Å². The summed E-state index contributed by atoms with van der Waals surface area (Å²) < 4.78 is 21.1. The van der Waals surface area contributed by atoms with Gasteiger partial charge in [0.15, 0.2) is 5.13 Å². The summed E-state index contributed by atoms with van der Waals surface area (Å²) in [6.07, 6.45) is 0. The Morgan fingerprint density at radius 3 is 2.79 bits per heavy atom. The number of carbonyl (C=O) groups is 1. The molecule has 0 saturated carbocycles. The van der Waals surface area contributed by atoms with Gasteiger partial charge in [-0.1, -0.05) is 12.1 Å². The Labute approximate surface area is 114 Å². The van der Waals surface area contributed by atoms with E-state index >= 15 is 0 Å². The number of phenols is 1. The van der Waals surface area contributed by atoms with Crippen molar-refractivity contribution in [2.45, 2.75) is 5.75 Å². The Morgan fingerprint density at radius 2 is 2.11 bits per heavy atom. The maximum Gasteiger partial charge on any atom is 0.261 e. The number of thiol groups is 1. The summed E-state index contributed by atoms with van der Waals surface area (Å²) in [7, 11) is -2.54. The van der Waals surface area contributed by atoms with E-state index in [2.05, 4.69) is 10.3 Å². The Bertz CT molecular complexity index is 671. The maximum atomic E-state index is 11.8. The first-order valence-corrected chi connectivity index (χ1v) is 7.46. The molecule has 0 spiro atoms. The highest BCUT2D eigenvalue weighted by atomic mass is 32.2. The lowest BCUT2D eigenvalue weighted by Crippen LogP contribution is -2.11. The van der Waals surface area contributed by atoms with E-state index in [0.717, 1.165) is 11.3 Å². The van der Waals surface area contributed by atoms with Crippen LogP contribution in [0.25, 0.3) is 0 Å². The highest BCUT2D eigenvalue weighted by Gasteiger charge is 2.12. The number of hydrogen-bond donors (Lipinski definition) is 3. The molecule has 1 aromatic carbocycles. The predicted octanol–water partition coefficient (Wildman–Crippen LogP) is 1.21. The zero-order valence-corrected chi connectivity index (χ0v) is 11.3. The smallest absolute Gasteiger partial charge is 0.261 e. The van der Waals surface area contributed by atoms with Crippen molar-refractivity contribution in [3.63, 3.8) is 0 Å². The van der Waals surface area contributed by atoms with Gasteiger partial charge < -0.3 is 5.11 Å². The third-order valence-corrected chi connectivity index (χ3v) is 3.60. The molecule has 0 bridgehead atoms. The summed E-state index contributed by atoms with van der Waals surface area (Å²) in [5, 5.41) is 13.9. The van der Waals surface area contributed by atoms with E-state index in [1.165, 1.54) is 12.1 Å². The zero-order chi connectivity index (χ0) is 13.8. The van der Waals surface area contributed by atoms with Gasteiger partial charge in [0.1, 0.15) is 16.5 Å². The molecule has 0 radical (unpaired) electrons. The molecule has 0 fully saturated rings. The van der Waals surface area contributed by atoms with Crippen molar-refractivity contribution in [2.24, 2.45) is 0 Å². The monoisotopic (exact) mass is 298 g/mol. The van der Waals surface area contributed by atoms with E-state index in [1.807, 2.05) is 0 Å². The van der Waals surface area contributed by atoms with E-state index in [-0.39, 0.29) is 17.1 Å². The lowest BCUT2D eigenvalue weighted by atomic mass is 10.2. The van der Waals surface area contributed by atoms with Crippen LogP contribution in [0.3, 0.4) is 0 Å². The molecule has 0 aliphatic heterocycles. The summed E-state index contributed by atoms with van der Waals surface area (Å²) in [5.74, 6) is -0.775. The second-order valence-corrected chi connectivity index (χ2v) is 5.45. The van der Waals surface area contributed by atoms with Crippen LogP contribution in [-0.4, -0.2) is 24.4 Å². The van der Waals surface area contributed by atoms with Gasteiger partial charge in [-0.3, -0.25) is 10.1 Å². The van der Waals surface area contributed by atoms with Crippen molar-refractivity contribution in [1.82, 2.24) is 4.98 Å². The third kappa shape index (κ3) is 3.52. The van der Waals surface area contributed by atoms with Crippen molar-refractivity contribution < 1.29 is 18.3 Å². The maximum absolute atomic E-state index is 11.8. The van der Waals surface area contributed by atoms with Gasteiger partial charge in [-0.15, -0.1) is 11.3 Å². The molecule has 2 aromatic rings. The number of rotatable bonds is 4. The van der Waals surface area contributed by atoms with Crippen molar-refractivity contribution in [1.29, 1.82) is 0 Å². The van der Waals surface area contributed by atoms with Crippen LogP contribution >= 0.6 is 11.3 Å². The first-order chi connectivity index (χ1) is 9.06. The van der Waals surface area contributed by atoms with E-state index in [0.29, 0.717) is 10.8 Å². The lowest BCUT2D eigenvalue weighted by Gasteiger charge is -2.03. The molecular weight excluding hydrogens is 288 g/mol. The van der Waals surface area contributed by atoms with E-state index in [4.69, 9.17) is 0 Å². The van der Waals surface area contributed by atoms with Gasteiger partial charge in [0.25, 0.3) is 5.91 Å². The standard InChI is InChI=1S/C11H10N2O4S2/c14-9-4-2-1-3-8(9)10(15)13-11-12-7(5-18-11)6-19(16)17/h1-5,14,19H,6H2,(H,12,13,15). The van der Waals surface area contributed by atoms with Gasteiger partial charge in [-0.25, -0.2) is 13.4 Å². The number of thiazole rings is 1. The third-order valence-electron chi connectivity index (χ3n) is 2.21. The van der Waals surface area contributed by atoms with Crippen molar-refractivity contribution in [2.75, 3.05) is 5.32 Å². The van der Waals surface area contributed by atoms with Crippen LogP contribution in [-0.2, 0) is 16.5 Å². The molecule has 100 valence electrons. The molecule has 0 saturated heterocycles. The van der Waals surface area contributed by atoms with Crippen LogP contribution in [0.5, 0.6) is 5.75 Å². The van der Waals surface area contributed by atoms with Crippen LogP contribution in [0.1, 0.15) is 16.1 Å². The molecule has 1 amide bonds. The van der Waals surface area contributed by atoms with Crippen molar-refractivity contribution in [3.8, 4) is 5.75 Å². The molecule has 1 heterocycles. The normalized spacial score (nSPS) is 10.6. The average Bonchev–Trinajstić information content (AvgIpc) is 2.76. The number of anilines is 1. The quantitative estimate of drug-likeness (QED) is 0.737. The summed E-state index contributed by atoms with van der Waals surface area (Å²) in [5.41, 5.74) is 0.517. The fraction of sp³-hybridized carbons (Fsp3) is 0.0909. The number of phenolic OH excluding ortho intramolecular Hbond substituents is 1. The molecule has 0 atom stereocenters. The van der Waals surface area contributed by atoms with Gasteiger partial charge in [0, 0.05) is 5.38 Å². The zero-order valence-electron chi connectivity index (χ0n) is 9.57. The second kappa shape index (κ2) is 5.81. The molecule has 0 unspecified atom stereocenters. The number of amides is 1. The van der Waals surface area contributed by atoms with E-state index in [1.54, 1.807) is 17.5 Å².